The van der Waals surface area contributed by atoms with E-state index in [-0.39, 0.29) is 11.7 Å². The fourth-order valence-electron chi connectivity index (χ4n) is 2.48. The Kier molecular flexibility index (Phi) is 1.38. The van der Waals surface area contributed by atoms with Crippen LogP contribution in [0.25, 0.3) is 0 Å². The standard InChI is InChI=1S/C10H12N2O/c13-10-3-1-2-8-6-7-4-5-9(11-7)12(8)10/h1-3,7,9,11H,4-6H2. The molecule has 1 fully saturated rings. The summed E-state index contributed by atoms with van der Waals surface area (Å²) >= 11 is 0. The third kappa shape index (κ3) is 0.968. The lowest BCUT2D eigenvalue weighted by atomic mass is 10.1. The van der Waals surface area contributed by atoms with Crippen molar-refractivity contribution in [1.29, 1.82) is 0 Å². The molecule has 0 radical (unpaired) electrons. The van der Waals surface area contributed by atoms with Gasteiger partial charge in [-0.1, -0.05) is 6.07 Å². The summed E-state index contributed by atoms with van der Waals surface area (Å²) in [6.07, 6.45) is 3.57. The molecule has 1 N–H and O–H groups in total. The van der Waals surface area contributed by atoms with Crippen LogP contribution in [0.15, 0.2) is 23.0 Å². The molecule has 3 heteroatoms. The normalized spacial score (nSPS) is 30.2. The Hall–Kier alpha value is -1.09. The van der Waals surface area contributed by atoms with Gasteiger partial charge in [-0.15, -0.1) is 0 Å². The molecule has 1 aromatic rings. The minimum Gasteiger partial charge on any atom is -0.297 e. The van der Waals surface area contributed by atoms with Gasteiger partial charge in [-0.2, -0.15) is 0 Å². The topological polar surface area (TPSA) is 34.0 Å². The molecule has 0 aromatic carbocycles. The SMILES string of the molecule is O=c1cccc2n1C1CCC(C2)N1. The van der Waals surface area contributed by atoms with E-state index in [0.717, 1.165) is 12.8 Å². The molecule has 2 aliphatic heterocycles. The first kappa shape index (κ1) is 7.33. The van der Waals surface area contributed by atoms with Crippen LogP contribution in [-0.4, -0.2) is 10.6 Å². The van der Waals surface area contributed by atoms with E-state index in [0.29, 0.717) is 6.04 Å². The number of nitrogens with zero attached hydrogens (tertiary/aromatic N) is 1. The molecule has 2 bridgehead atoms. The first-order chi connectivity index (χ1) is 6.34. The molecule has 0 amide bonds. The van der Waals surface area contributed by atoms with Crippen molar-refractivity contribution in [2.75, 3.05) is 0 Å². The van der Waals surface area contributed by atoms with Gasteiger partial charge in [0.25, 0.3) is 5.56 Å². The van der Waals surface area contributed by atoms with Crippen LogP contribution in [0.4, 0.5) is 0 Å². The first-order valence-corrected chi connectivity index (χ1v) is 4.81. The Bertz CT molecular complexity index is 396. The van der Waals surface area contributed by atoms with Crippen LogP contribution in [0.3, 0.4) is 0 Å². The van der Waals surface area contributed by atoms with Crippen LogP contribution in [0.5, 0.6) is 0 Å². The van der Waals surface area contributed by atoms with Crippen molar-refractivity contribution in [2.45, 2.75) is 31.5 Å². The summed E-state index contributed by atoms with van der Waals surface area (Å²) in [5, 5.41) is 3.45. The highest BCUT2D eigenvalue weighted by atomic mass is 16.1. The lowest BCUT2D eigenvalue weighted by Crippen LogP contribution is -2.41. The fourth-order valence-corrected chi connectivity index (χ4v) is 2.48. The second-order valence-corrected chi connectivity index (χ2v) is 3.89. The van der Waals surface area contributed by atoms with E-state index in [1.807, 2.05) is 10.6 Å². The summed E-state index contributed by atoms with van der Waals surface area (Å²) in [5.41, 5.74) is 1.33. The highest BCUT2D eigenvalue weighted by Crippen LogP contribution is 2.28. The van der Waals surface area contributed by atoms with Gasteiger partial charge in [0.15, 0.2) is 0 Å². The van der Waals surface area contributed by atoms with Crippen LogP contribution in [-0.2, 0) is 6.42 Å². The summed E-state index contributed by atoms with van der Waals surface area (Å²) < 4.78 is 1.91. The van der Waals surface area contributed by atoms with Gasteiger partial charge in [-0.05, 0) is 18.9 Å². The Morgan fingerprint density at radius 1 is 1.38 bits per heavy atom. The highest BCUT2D eigenvalue weighted by Gasteiger charge is 2.31. The number of hydrogen-bond acceptors (Lipinski definition) is 2. The number of nitrogens with one attached hydrogen (secondary N) is 1. The minimum atomic E-state index is 0.135. The van der Waals surface area contributed by atoms with Gasteiger partial charge in [-0.25, -0.2) is 0 Å². The van der Waals surface area contributed by atoms with Crippen molar-refractivity contribution in [1.82, 2.24) is 9.88 Å². The molecule has 2 atom stereocenters. The molecule has 2 unspecified atom stereocenters. The Labute approximate surface area is 76.4 Å². The van der Waals surface area contributed by atoms with Gasteiger partial charge < -0.3 is 0 Å². The molecule has 13 heavy (non-hydrogen) atoms. The Morgan fingerprint density at radius 3 is 3.23 bits per heavy atom. The largest absolute Gasteiger partial charge is 0.297 e. The average Bonchev–Trinajstić information content (AvgIpc) is 2.48. The van der Waals surface area contributed by atoms with Gasteiger partial charge >= 0.3 is 0 Å². The van der Waals surface area contributed by atoms with E-state index in [2.05, 4.69) is 11.4 Å². The van der Waals surface area contributed by atoms with E-state index in [4.69, 9.17) is 0 Å². The quantitative estimate of drug-likeness (QED) is 0.630. The summed E-state index contributed by atoms with van der Waals surface area (Å²) in [5.74, 6) is 0. The molecular weight excluding hydrogens is 164 g/mol. The predicted octanol–water partition coefficient (Wildman–Crippen LogP) is 0.655. The van der Waals surface area contributed by atoms with E-state index >= 15 is 0 Å². The summed E-state index contributed by atoms with van der Waals surface area (Å²) in [6.45, 7) is 0. The van der Waals surface area contributed by atoms with E-state index in [1.54, 1.807) is 6.07 Å². The zero-order valence-corrected chi connectivity index (χ0v) is 7.36. The van der Waals surface area contributed by atoms with Crippen molar-refractivity contribution in [3.8, 4) is 0 Å². The molecule has 3 rings (SSSR count). The van der Waals surface area contributed by atoms with Crippen molar-refractivity contribution in [3.63, 3.8) is 0 Å². The van der Waals surface area contributed by atoms with Crippen LogP contribution in [0, 0.1) is 0 Å². The molecule has 1 saturated heterocycles. The van der Waals surface area contributed by atoms with Gasteiger partial charge in [0.05, 0.1) is 6.17 Å². The molecule has 68 valence electrons. The predicted molar refractivity (Wildman–Crippen MR) is 49.6 cm³/mol. The van der Waals surface area contributed by atoms with Gasteiger partial charge in [-0.3, -0.25) is 14.7 Å². The second kappa shape index (κ2) is 2.45. The number of fused-ring (bicyclic) bond motifs is 4. The maximum Gasteiger partial charge on any atom is 0.252 e. The molecule has 0 aliphatic carbocycles. The maximum absolute atomic E-state index is 11.6. The van der Waals surface area contributed by atoms with E-state index in [9.17, 15) is 4.79 Å². The molecule has 3 nitrogen and oxygen atoms in total. The Morgan fingerprint density at radius 2 is 2.31 bits per heavy atom. The van der Waals surface area contributed by atoms with Crippen LogP contribution >= 0.6 is 0 Å². The van der Waals surface area contributed by atoms with Crippen molar-refractivity contribution in [2.24, 2.45) is 0 Å². The van der Waals surface area contributed by atoms with E-state index < -0.39 is 0 Å². The number of rotatable bonds is 0. The van der Waals surface area contributed by atoms with Crippen LogP contribution < -0.4 is 10.9 Å². The zero-order chi connectivity index (χ0) is 8.84. The molecule has 2 aliphatic rings. The number of pyridine rings is 1. The molecule has 1 aromatic heterocycles. The van der Waals surface area contributed by atoms with Crippen LogP contribution in [0.2, 0.25) is 0 Å². The Balaban J connectivity index is 2.23. The third-order valence-corrected chi connectivity index (χ3v) is 3.06. The zero-order valence-electron chi connectivity index (χ0n) is 7.36. The molecular formula is C10H12N2O. The van der Waals surface area contributed by atoms with Gasteiger partial charge in [0.1, 0.15) is 0 Å². The van der Waals surface area contributed by atoms with Gasteiger partial charge in [0.2, 0.25) is 0 Å². The first-order valence-electron chi connectivity index (χ1n) is 4.81. The van der Waals surface area contributed by atoms with Crippen LogP contribution in [0.1, 0.15) is 24.7 Å². The number of hydrogen-bond donors (Lipinski definition) is 1. The third-order valence-electron chi connectivity index (χ3n) is 3.06. The number of aromatic nitrogens is 1. The van der Waals surface area contributed by atoms with Crippen molar-refractivity contribution < 1.29 is 0 Å². The second-order valence-electron chi connectivity index (χ2n) is 3.89. The minimum absolute atomic E-state index is 0.135. The maximum atomic E-state index is 11.6. The smallest absolute Gasteiger partial charge is 0.252 e. The lowest BCUT2D eigenvalue weighted by molar-refractivity contribution is 0.374. The summed E-state index contributed by atoms with van der Waals surface area (Å²) in [6, 6.07) is 6.17. The summed E-state index contributed by atoms with van der Waals surface area (Å²) in [4.78, 5) is 11.6. The summed E-state index contributed by atoms with van der Waals surface area (Å²) in [7, 11) is 0. The average molecular weight is 176 g/mol. The molecule has 3 heterocycles. The lowest BCUT2D eigenvalue weighted by Gasteiger charge is -2.26. The van der Waals surface area contributed by atoms with E-state index in [1.165, 1.54) is 12.1 Å². The molecule has 0 saturated carbocycles. The van der Waals surface area contributed by atoms with Crippen molar-refractivity contribution in [3.05, 3.63) is 34.2 Å². The van der Waals surface area contributed by atoms with Gasteiger partial charge in [0, 0.05) is 24.2 Å². The monoisotopic (exact) mass is 176 g/mol. The highest BCUT2D eigenvalue weighted by molar-refractivity contribution is 5.14. The van der Waals surface area contributed by atoms with Crippen molar-refractivity contribution >= 4 is 0 Å². The fraction of sp³-hybridized carbons (Fsp3) is 0.500. The molecule has 0 spiro atoms.